The summed E-state index contributed by atoms with van der Waals surface area (Å²) >= 11 is 1.51. The van der Waals surface area contributed by atoms with E-state index in [1.165, 1.54) is 29.5 Å². The smallest absolute Gasteiger partial charge is 0.317 e. The third-order valence-corrected chi connectivity index (χ3v) is 5.30. The molecule has 2 aromatic rings. The largest absolute Gasteiger partial charge is 0.465 e. The van der Waals surface area contributed by atoms with Gasteiger partial charge in [-0.15, -0.1) is 11.3 Å². The van der Waals surface area contributed by atoms with Crippen LogP contribution in [0.3, 0.4) is 0 Å². The van der Waals surface area contributed by atoms with Gasteiger partial charge in [-0.1, -0.05) is 18.2 Å². The van der Waals surface area contributed by atoms with E-state index in [0.717, 1.165) is 10.5 Å². The number of hydrogen-bond acceptors (Lipinski definition) is 6. The average molecular weight is 371 g/mol. The highest BCUT2D eigenvalue weighted by molar-refractivity contribution is 7.11. The van der Waals surface area contributed by atoms with Gasteiger partial charge in [0.15, 0.2) is 5.78 Å². The zero-order valence-corrected chi connectivity index (χ0v) is 14.9. The molecule has 2 atom stereocenters. The molecule has 0 aliphatic heterocycles. The number of nitrogens with zero attached hydrogens (tertiary/aromatic N) is 1. The maximum atomic E-state index is 12.7. The number of esters is 1. The van der Waals surface area contributed by atoms with E-state index < -0.39 is 22.7 Å². The molecule has 1 aromatic heterocycles. The molecule has 0 N–H and O–H groups in total. The molecule has 2 unspecified atom stereocenters. The monoisotopic (exact) mass is 371 g/mol. The van der Waals surface area contributed by atoms with Crippen molar-refractivity contribution in [2.24, 2.45) is 5.92 Å². The Morgan fingerprint density at radius 1 is 1.35 bits per heavy atom. The summed E-state index contributed by atoms with van der Waals surface area (Å²) in [5, 5.41) is 13.0. The molecule has 0 fully saturated rings. The fraction of sp³-hybridized carbons (Fsp3) is 0.263. The quantitative estimate of drug-likeness (QED) is 0.343. The van der Waals surface area contributed by atoms with Gasteiger partial charge in [-0.05, 0) is 42.0 Å². The standard InChI is InChI=1S/C19H17NO5S/c1-2-25-19(22)18-15(12-5-3-6-14(9-12)20(23)24)10-13(11-16(18)21)17-7-4-8-26-17/h3-9,11,15,18H,2,10H2,1H3. The number of carbonyl (C=O) groups excluding carboxylic acids is 2. The fourth-order valence-electron chi connectivity index (χ4n) is 3.20. The SMILES string of the molecule is CCOC(=O)C1C(=O)C=C(c2cccs2)CC1c1cccc([N+](=O)[O-])c1. The molecule has 0 radical (unpaired) electrons. The van der Waals surface area contributed by atoms with Gasteiger partial charge in [0, 0.05) is 22.9 Å². The number of benzene rings is 1. The summed E-state index contributed by atoms with van der Waals surface area (Å²) in [6.45, 7) is 1.85. The molecule has 134 valence electrons. The first-order chi connectivity index (χ1) is 12.5. The van der Waals surface area contributed by atoms with Crippen molar-refractivity contribution in [3.63, 3.8) is 0 Å². The number of non-ortho nitro benzene ring substituents is 1. The van der Waals surface area contributed by atoms with Crippen LogP contribution in [0.15, 0.2) is 47.9 Å². The van der Waals surface area contributed by atoms with E-state index in [2.05, 4.69) is 0 Å². The zero-order valence-electron chi connectivity index (χ0n) is 14.1. The molecule has 7 heteroatoms. The van der Waals surface area contributed by atoms with Crippen molar-refractivity contribution < 1.29 is 19.2 Å². The molecular weight excluding hydrogens is 354 g/mol. The normalized spacial score (nSPS) is 19.7. The molecule has 0 bridgehead atoms. The Labute approximate surface area is 154 Å². The van der Waals surface area contributed by atoms with Crippen LogP contribution in [-0.4, -0.2) is 23.3 Å². The minimum Gasteiger partial charge on any atom is -0.465 e. The Kier molecular flexibility index (Phi) is 5.27. The van der Waals surface area contributed by atoms with E-state index in [-0.39, 0.29) is 18.1 Å². The van der Waals surface area contributed by atoms with Crippen LogP contribution in [0.1, 0.15) is 29.7 Å². The molecule has 26 heavy (non-hydrogen) atoms. The number of rotatable bonds is 5. The number of carbonyl (C=O) groups is 2. The summed E-state index contributed by atoms with van der Waals surface area (Å²) in [4.78, 5) is 36.7. The van der Waals surface area contributed by atoms with Gasteiger partial charge in [-0.2, -0.15) is 0 Å². The van der Waals surface area contributed by atoms with Gasteiger partial charge in [0.05, 0.1) is 11.5 Å². The second-order valence-corrected chi connectivity index (χ2v) is 6.89. The molecule has 1 aliphatic carbocycles. The fourth-order valence-corrected chi connectivity index (χ4v) is 3.95. The van der Waals surface area contributed by atoms with Gasteiger partial charge in [-0.3, -0.25) is 19.7 Å². The minimum absolute atomic E-state index is 0.0650. The summed E-state index contributed by atoms with van der Waals surface area (Å²) in [5.74, 6) is -2.39. The van der Waals surface area contributed by atoms with E-state index in [0.29, 0.717) is 12.0 Å². The Morgan fingerprint density at radius 3 is 2.81 bits per heavy atom. The zero-order chi connectivity index (χ0) is 18.7. The minimum atomic E-state index is -0.985. The molecule has 0 amide bonds. The molecular formula is C19H17NO5S. The first kappa shape index (κ1) is 18.0. The average Bonchev–Trinajstić information content (AvgIpc) is 3.16. The third kappa shape index (κ3) is 3.57. The van der Waals surface area contributed by atoms with E-state index in [1.807, 2.05) is 17.5 Å². The second kappa shape index (κ2) is 7.61. The number of nitro benzene ring substituents is 1. The summed E-state index contributed by atoms with van der Waals surface area (Å²) in [6, 6.07) is 9.92. The van der Waals surface area contributed by atoms with Crippen LogP contribution in [0.4, 0.5) is 5.69 Å². The van der Waals surface area contributed by atoms with Crippen LogP contribution in [0.5, 0.6) is 0 Å². The highest BCUT2D eigenvalue weighted by Crippen LogP contribution is 2.41. The van der Waals surface area contributed by atoms with Gasteiger partial charge < -0.3 is 4.74 Å². The van der Waals surface area contributed by atoms with Crippen molar-refractivity contribution in [1.82, 2.24) is 0 Å². The van der Waals surface area contributed by atoms with E-state index in [1.54, 1.807) is 19.1 Å². The number of thiophene rings is 1. The third-order valence-electron chi connectivity index (χ3n) is 4.35. The van der Waals surface area contributed by atoms with Gasteiger partial charge in [0.25, 0.3) is 5.69 Å². The van der Waals surface area contributed by atoms with Gasteiger partial charge in [-0.25, -0.2) is 0 Å². The van der Waals surface area contributed by atoms with Crippen molar-refractivity contribution in [3.05, 3.63) is 68.4 Å². The topological polar surface area (TPSA) is 86.5 Å². The highest BCUT2D eigenvalue weighted by Gasteiger charge is 2.40. The molecule has 3 rings (SSSR count). The summed E-state index contributed by atoms with van der Waals surface area (Å²) in [7, 11) is 0. The van der Waals surface area contributed by atoms with Crippen LogP contribution in [0, 0.1) is 16.0 Å². The number of ketones is 1. The first-order valence-corrected chi connectivity index (χ1v) is 9.08. The summed E-state index contributed by atoms with van der Waals surface area (Å²) in [5.41, 5.74) is 1.36. The van der Waals surface area contributed by atoms with Crippen molar-refractivity contribution in [3.8, 4) is 0 Å². The van der Waals surface area contributed by atoms with Crippen LogP contribution in [-0.2, 0) is 14.3 Å². The lowest BCUT2D eigenvalue weighted by molar-refractivity contribution is -0.384. The van der Waals surface area contributed by atoms with Gasteiger partial charge >= 0.3 is 5.97 Å². The maximum Gasteiger partial charge on any atom is 0.317 e. The summed E-state index contributed by atoms with van der Waals surface area (Å²) in [6.07, 6.45) is 1.94. The molecule has 6 nitrogen and oxygen atoms in total. The predicted octanol–water partition coefficient (Wildman–Crippen LogP) is 3.98. The Hall–Kier alpha value is -2.80. The van der Waals surface area contributed by atoms with Crippen LogP contribution in [0.25, 0.3) is 5.57 Å². The summed E-state index contributed by atoms with van der Waals surface area (Å²) < 4.78 is 5.09. The van der Waals surface area contributed by atoms with Crippen LogP contribution >= 0.6 is 11.3 Å². The highest BCUT2D eigenvalue weighted by atomic mass is 32.1. The van der Waals surface area contributed by atoms with Gasteiger partial charge in [0.2, 0.25) is 0 Å². The Morgan fingerprint density at radius 2 is 2.15 bits per heavy atom. The molecule has 0 saturated carbocycles. The lowest BCUT2D eigenvalue weighted by atomic mass is 9.74. The molecule has 1 aliphatic rings. The number of allylic oxidation sites excluding steroid dienone is 2. The Bertz CT molecular complexity index is 872. The van der Waals surface area contributed by atoms with Gasteiger partial charge in [0.1, 0.15) is 5.92 Å². The van der Waals surface area contributed by atoms with Crippen molar-refractivity contribution >= 4 is 34.3 Å². The lowest BCUT2D eigenvalue weighted by Gasteiger charge is -2.29. The van der Waals surface area contributed by atoms with Crippen LogP contribution < -0.4 is 0 Å². The lowest BCUT2D eigenvalue weighted by Crippen LogP contribution is -2.33. The van der Waals surface area contributed by atoms with E-state index in [9.17, 15) is 19.7 Å². The molecule has 1 aromatic carbocycles. The van der Waals surface area contributed by atoms with Crippen molar-refractivity contribution in [1.29, 1.82) is 0 Å². The molecule has 0 spiro atoms. The van der Waals surface area contributed by atoms with Crippen LogP contribution in [0.2, 0.25) is 0 Å². The maximum absolute atomic E-state index is 12.7. The second-order valence-electron chi connectivity index (χ2n) is 5.94. The Balaban J connectivity index is 2.04. The number of ether oxygens (including phenoxy) is 1. The number of nitro groups is 1. The van der Waals surface area contributed by atoms with E-state index >= 15 is 0 Å². The first-order valence-electron chi connectivity index (χ1n) is 8.20. The number of hydrogen-bond donors (Lipinski definition) is 0. The van der Waals surface area contributed by atoms with E-state index in [4.69, 9.17) is 4.74 Å². The molecule has 0 saturated heterocycles. The predicted molar refractivity (Wildman–Crippen MR) is 97.9 cm³/mol. The van der Waals surface area contributed by atoms with Crippen molar-refractivity contribution in [2.75, 3.05) is 6.61 Å². The molecule has 1 heterocycles. The van der Waals surface area contributed by atoms with Crippen molar-refractivity contribution in [2.45, 2.75) is 19.3 Å².